The molecule has 1 saturated heterocycles. The fraction of sp³-hybridized carbons (Fsp3) is 0.350. The van der Waals surface area contributed by atoms with Crippen molar-refractivity contribution in [1.29, 1.82) is 0 Å². The van der Waals surface area contributed by atoms with Gasteiger partial charge in [-0.1, -0.05) is 12.1 Å². The van der Waals surface area contributed by atoms with Crippen LogP contribution in [0.4, 0.5) is 0 Å². The number of carbonyl (C=O) groups excluding carboxylic acids is 1. The third kappa shape index (κ3) is 4.52. The van der Waals surface area contributed by atoms with Gasteiger partial charge in [0.1, 0.15) is 5.75 Å². The predicted octanol–water partition coefficient (Wildman–Crippen LogP) is 1.99. The quantitative estimate of drug-likeness (QED) is 0.736. The summed E-state index contributed by atoms with van der Waals surface area (Å²) in [7, 11) is -0.260. The van der Waals surface area contributed by atoms with E-state index in [0.717, 1.165) is 11.3 Å². The van der Waals surface area contributed by atoms with Crippen molar-refractivity contribution in [1.82, 2.24) is 9.21 Å². The zero-order valence-corrected chi connectivity index (χ0v) is 16.8. The Kier molecular flexibility index (Phi) is 6.33. The van der Waals surface area contributed by atoms with Crippen LogP contribution >= 0.6 is 0 Å². The zero-order chi connectivity index (χ0) is 20.1. The van der Waals surface area contributed by atoms with Crippen LogP contribution in [0.3, 0.4) is 0 Å². The summed E-state index contributed by atoms with van der Waals surface area (Å²) in [5.74, 6) is 0.550. The van der Waals surface area contributed by atoms with Crippen molar-refractivity contribution in [2.45, 2.75) is 11.4 Å². The number of nitrogens with zero attached hydrogens (tertiary/aromatic N) is 2. The van der Waals surface area contributed by atoms with Gasteiger partial charge in [-0.05, 0) is 42.0 Å². The Morgan fingerprint density at radius 3 is 2.46 bits per heavy atom. The van der Waals surface area contributed by atoms with Crippen LogP contribution in [0.1, 0.15) is 15.9 Å². The third-order valence-corrected chi connectivity index (χ3v) is 6.52. The lowest BCUT2D eigenvalue weighted by molar-refractivity contribution is 0.0730. The van der Waals surface area contributed by atoms with Crippen LogP contribution in [0.25, 0.3) is 0 Å². The number of methoxy groups -OCH3 is 1. The molecular weight excluding hydrogens is 380 g/mol. The van der Waals surface area contributed by atoms with E-state index in [0.29, 0.717) is 38.4 Å². The minimum atomic E-state index is -3.57. The Morgan fingerprint density at radius 1 is 1.14 bits per heavy atom. The summed E-state index contributed by atoms with van der Waals surface area (Å²) >= 11 is 0. The van der Waals surface area contributed by atoms with Gasteiger partial charge in [0.2, 0.25) is 10.0 Å². The second kappa shape index (κ2) is 8.72. The first kappa shape index (κ1) is 20.3. The van der Waals surface area contributed by atoms with Gasteiger partial charge in [-0.3, -0.25) is 4.79 Å². The van der Waals surface area contributed by atoms with E-state index >= 15 is 0 Å². The topological polar surface area (TPSA) is 76.2 Å². The van der Waals surface area contributed by atoms with Gasteiger partial charge in [0.25, 0.3) is 5.91 Å². The number of sulfonamides is 1. The largest absolute Gasteiger partial charge is 0.497 e. The molecule has 2 aromatic carbocycles. The average Bonchev–Trinajstić information content (AvgIpc) is 2.74. The Balaban J connectivity index is 1.70. The molecule has 0 N–H and O–H groups in total. The number of ether oxygens (including phenoxy) is 2. The number of amides is 1. The highest BCUT2D eigenvalue weighted by Crippen LogP contribution is 2.19. The lowest BCUT2D eigenvalue weighted by atomic mass is 10.1. The maximum atomic E-state index is 12.7. The van der Waals surface area contributed by atoms with Gasteiger partial charge in [-0.2, -0.15) is 4.31 Å². The molecule has 1 aliphatic heterocycles. The van der Waals surface area contributed by atoms with Crippen LogP contribution in [0.15, 0.2) is 53.4 Å². The molecule has 1 fully saturated rings. The zero-order valence-electron chi connectivity index (χ0n) is 16.0. The first-order valence-corrected chi connectivity index (χ1v) is 10.4. The van der Waals surface area contributed by atoms with Gasteiger partial charge in [0, 0.05) is 32.2 Å². The molecule has 0 aromatic heterocycles. The molecule has 8 heteroatoms. The fourth-order valence-corrected chi connectivity index (χ4v) is 4.45. The normalized spacial score (nSPS) is 15.2. The van der Waals surface area contributed by atoms with E-state index in [2.05, 4.69) is 0 Å². The van der Waals surface area contributed by atoms with Crippen LogP contribution in [0, 0.1) is 0 Å². The monoisotopic (exact) mass is 404 g/mol. The minimum absolute atomic E-state index is 0.182. The first-order valence-electron chi connectivity index (χ1n) is 8.98. The summed E-state index contributed by atoms with van der Waals surface area (Å²) in [5.41, 5.74) is 1.38. The molecule has 0 radical (unpaired) electrons. The smallest absolute Gasteiger partial charge is 0.253 e. The maximum absolute atomic E-state index is 12.7. The van der Waals surface area contributed by atoms with E-state index in [1.54, 1.807) is 31.2 Å². The van der Waals surface area contributed by atoms with E-state index in [1.807, 2.05) is 24.3 Å². The van der Waals surface area contributed by atoms with E-state index < -0.39 is 10.0 Å². The molecule has 150 valence electrons. The Labute approximate surface area is 165 Å². The van der Waals surface area contributed by atoms with Crippen molar-refractivity contribution in [3.63, 3.8) is 0 Å². The van der Waals surface area contributed by atoms with E-state index in [4.69, 9.17) is 9.47 Å². The Bertz CT molecular complexity index is 922. The summed E-state index contributed by atoms with van der Waals surface area (Å²) in [6.45, 7) is 1.89. The molecule has 0 spiro atoms. The van der Waals surface area contributed by atoms with E-state index in [1.165, 1.54) is 16.4 Å². The number of hydrogen-bond acceptors (Lipinski definition) is 5. The van der Waals surface area contributed by atoms with Crippen molar-refractivity contribution in [2.75, 3.05) is 40.5 Å². The molecular formula is C20H24N2O5S. The fourth-order valence-electron chi connectivity index (χ4n) is 3.04. The lowest BCUT2D eigenvalue weighted by Gasteiger charge is -2.26. The molecule has 28 heavy (non-hydrogen) atoms. The first-order chi connectivity index (χ1) is 13.4. The highest BCUT2D eigenvalue weighted by Gasteiger charge is 2.26. The summed E-state index contributed by atoms with van der Waals surface area (Å²) in [6, 6.07) is 13.6. The number of morpholine rings is 1. The van der Waals surface area contributed by atoms with Crippen molar-refractivity contribution in [2.24, 2.45) is 0 Å². The molecule has 0 saturated carbocycles. The molecule has 1 heterocycles. The second-order valence-electron chi connectivity index (χ2n) is 6.55. The SMILES string of the molecule is COc1cccc(CN(C)C(=O)c2ccc(S(=O)(=O)N3CCOCC3)cc2)c1. The van der Waals surface area contributed by atoms with E-state index in [9.17, 15) is 13.2 Å². The number of hydrogen-bond donors (Lipinski definition) is 0. The molecule has 7 nitrogen and oxygen atoms in total. The van der Waals surface area contributed by atoms with Crippen molar-refractivity contribution < 1.29 is 22.7 Å². The standard InChI is InChI=1S/C20H24N2O5S/c1-21(15-16-4-3-5-18(14-16)26-2)20(23)17-6-8-19(9-7-17)28(24,25)22-10-12-27-13-11-22/h3-9,14H,10-13,15H2,1-2H3. The minimum Gasteiger partial charge on any atom is -0.497 e. The Morgan fingerprint density at radius 2 is 1.82 bits per heavy atom. The van der Waals surface area contributed by atoms with Crippen LogP contribution in [0.5, 0.6) is 5.75 Å². The lowest BCUT2D eigenvalue weighted by Crippen LogP contribution is -2.40. The molecule has 1 amide bonds. The molecule has 3 rings (SSSR count). The molecule has 1 aliphatic rings. The van der Waals surface area contributed by atoms with Gasteiger partial charge >= 0.3 is 0 Å². The number of rotatable bonds is 6. The van der Waals surface area contributed by atoms with Gasteiger partial charge in [-0.25, -0.2) is 8.42 Å². The van der Waals surface area contributed by atoms with Gasteiger partial charge in [0.05, 0.1) is 25.2 Å². The summed E-state index contributed by atoms with van der Waals surface area (Å²) < 4.78 is 37.2. The highest BCUT2D eigenvalue weighted by atomic mass is 32.2. The molecule has 0 aliphatic carbocycles. The van der Waals surface area contributed by atoms with Crippen molar-refractivity contribution in [3.8, 4) is 5.75 Å². The van der Waals surface area contributed by atoms with Gasteiger partial charge in [-0.15, -0.1) is 0 Å². The number of benzene rings is 2. The molecule has 0 unspecified atom stereocenters. The summed E-state index contributed by atoms with van der Waals surface area (Å²) in [5, 5.41) is 0. The van der Waals surface area contributed by atoms with Crippen LogP contribution < -0.4 is 4.74 Å². The van der Waals surface area contributed by atoms with Gasteiger partial charge < -0.3 is 14.4 Å². The van der Waals surface area contributed by atoms with Crippen LogP contribution in [-0.4, -0.2) is 64.0 Å². The Hall–Kier alpha value is -2.42. The van der Waals surface area contributed by atoms with Crippen LogP contribution in [0.2, 0.25) is 0 Å². The summed E-state index contributed by atoms with van der Waals surface area (Å²) in [6.07, 6.45) is 0. The average molecular weight is 404 g/mol. The second-order valence-corrected chi connectivity index (χ2v) is 8.49. The maximum Gasteiger partial charge on any atom is 0.253 e. The third-order valence-electron chi connectivity index (χ3n) is 4.61. The van der Waals surface area contributed by atoms with E-state index in [-0.39, 0.29) is 10.8 Å². The summed E-state index contributed by atoms with van der Waals surface area (Å²) in [4.78, 5) is 14.4. The van der Waals surface area contributed by atoms with Crippen molar-refractivity contribution >= 4 is 15.9 Å². The molecule has 0 atom stereocenters. The van der Waals surface area contributed by atoms with Crippen molar-refractivity contribution in [3.05, 3.63) is 59.7 Å². The van der Waals surface area contributed by atoms with Gasteiger partial charge in [0.15, 0.2) is 0 Å². The molecule has 0 bridgehead atoms. The predicted molar refractivity (Wildman–Crippen MR) is 105 cm³/mol. The number of carbonyl (C=O) groups is 1. The highest BCUT2D eigenvalue weighted by molar-refractivity contribution is 7.89. The molecule has 2 aromatic rings. The van der Waals surface area contributed by atoms with Crippen LogP contribution in [-0.2, 0) is 21.3 Å².